The molecule has 3 rings (SSSR count). The first kappa shape index (κ1) is 17.4. The van der Waals surface area contributed by atoms with Gasteiger partial charge in [-0.3, -0.25) is 4.90 Å². The Balaban J connectivity index is 1.41. The van der Waals surface area contributed by atoms with E-state index in [1.54, 1.807) is 19.5 Å². The molecule has 1 aliphatic heterocycles. The van der Waals surface area contributed by atoms with E-state index in [0.29, 0.717) is 12.3 Å². The van der Waals surface area contributed by atoms with Gasteiger partial charge in [-0.15, -0.1) is 0 Å². The summed E-state index contributed by atoms with van der Waals surface area (Å²) in [6.45, 7) is 4.30. The van der Waals surface area contributed by atoms with Crippen LogP contribution in [-0.2, 0) is 0 Å². The van der Waals surface area contributed by atoms with E-state index < -0.39 is 6.10 Å². The Bertz CT molecular complexity index is 648. The number of hydrogen-bond acceptors (Lipinski definition) is 7. The number of ether oxygens (including phenoxy) is 2. The van der Waals surface area contributed by atoms with Crippen molar-refractivity contribution < 1.29 is 14.6 Å². The summed E-state index contributed by atoms with van der Waals surface area (Å²) in [4.78, 5) is 13.0. The highest BCUT2D eigenvalue weighted by molar-refractivity contribution is 5.32. The first-order valence-electron chi connectivity index (χ1n) is 8.44. The highest BCUT2D eigenvalue weighted by Gasteiger charge is 2.20. The van der Waals surface area contributed by atoms with Gasteiger partial charge >= 0.3 is 0 Å². The number of β-amino-alcohol motifs (C(OH)–C–C–N with tert-alkyl or cyclic N) is 1. The Kier molecular flexibility index (Phi) is 6.03. The fourth-order valence-electron chi connectivity index (χ4n) is 2.82. The fraction of sp³-hybridized carbons (Fsp3) is 0.444. The number of anilines is 1. The third-order valence-electron chi connectivity index (χ3n) is 4.16. The van der Waals surface area contributed by atoms with Crippen molar-refractivity contribution in [3.63, 3.8) is 0 Å². The summed E-state index contributed by atoms with van der Waals surface area (Å²) in [5.74, 6) is 2.21. The lowest BCUT2D eigenvalue weighted by molar-refractivity contribution is 0.0661. The van der Waals surface area contributed by atoms with Crippen molar-refractivity contribution in [1.82, 2.24) is 14.9 Å². The summed E-state index contributed by atoms with van der Waals surface area (Å²) in [7, 11) is 1.62. The molecule has 1 aromatic heterocycles. The average Bonchev–Trinajstić information content (AvgIpc) is 2.68. The van der Waals surface area contributed by atoms with Crippen LogP contribution < -0.4 is 14.4 Å². The van der Waals surface area contributed by atoms with Crippen LogP contribution in [0, 0.1) is 0 Å². The average molecular weight is 344 g/mol. The van der Waals surface area contributed by atoms with Gasteiger partial charge in [0.05, 0.1) is 7.11 Å². The standard InChI is InChI=1S/C18H24N4O3/c1-24-16-4-2-5-17(12-16)25-14-15(23)13-21-8-10-22(11-9-21)18-19-6-3-7-20-18/h2-7,12,15,23H,8-11,13-14H2,1H3/t15-/m1/s1. The molecular weight excluding hydrogens is 320 g/mol. The number of aliphatic hydroxyl groups excluding tert-OH is 1. The molecule has 7 nitrogen and oxygen atoms in total. The number of methoxy groups -OCH3 is 1. The quantitative estimate of drug-likeness (QED) is 0.805. The number of piperazine rings is 1. The van der Waals surface area contributed by atoms with Crippen molar-refractivity contribution in [2.45, 2.75) is 6.10 Å². The summed E-state index contributed by atoms with van der Waals surface area (Å²) in [5, 5.41) is 10.2. The van der Waals surface area contributed by atoms with Gasteiger partial charge in [0.15, 0.2) is 0 Å². The normalized spacial score (nSPS) is 16.5. The van der Waals surface area contributed by atoms with E-state index in [4.69, 9.17) is 9.47 Å². The highest BCUT2D eigenvalue weighted by Crippen LogP contribution is 2.19. The van der Waals surface area contributed by atoms with Crippen molar-refractivity contribution in [3.05, 3.63) is 42.7 Å². The topological polar surface area (TPSA) is 71.0 Å². The molecule has 7 heteroatoms. The zero-order chi connectivity index (χ0) is 17.5. The van der Waals surface area contributed by atoms with Crippen LogP contribution in [0.1, 0.15) is 0 Å². The predicted molar refractivity (Wildman–Crippen MR) is 95.2 cm³/mol. The second kappa shape index (κ2) is 8.64. The van der Waals surface area contributed by atoms with Crippen LogP contribution in [0.25, 0.3) is 0 Å². The van der Waals surface area contributed by atoms with Crippen molar-refractivity contribution in [2.24, 2.45) is 0 Å². The van der Waals surface area contributed by atoms with E-state index in [-0.39, 0.29) is 6.61 Å². The van der Waals surface area contributed by atoms with Gasteiger partial charge in [0, 0.05) is 51.2 Å². The number of aliphatic hydroxyl groups is 1. The zero-order valence-electron chi connectivity index (χ0n) is 14.4. The lowest BCUT2D eigenvalue weighted by atomic mass is 10.2. The summed E-state index contributed by atoms with van der Waals surface area (Å²) in [6.07, 6.45) is 2.98. The maximum Gasteiger partial charge on any atom is 0.225 e. The van der Waals surface area contributed by atoms with E-state index in [1.165, 1.54) is 0 Å². The predicted octanol–water partition coefficient (Wildman–Crippen LogP) is 1.05. The molecule has 0 amide bonds. The van der Waals surface area contributed by atoms with Gasteiger partial charge in [-0.25, -0.2) is 9.97 Å². The number of hydrogen-bond donors (Lipinski definition) is 1. The summed E-state index contributed by atoms with van der Waals surface area (Å²) < 4.78 is 10.8. The van der Waals surface area contributed by atoms with E-state index >= 15 is 0 Å². The van der Waals surface area contributed by atoms with E-state index in [2.05, 4.69) is 19.8 Å². The van der Waals surface area contributed by atoms with Gasteiger partial charge < -0.3 is 19.5 Å². The van der Waals surface area contributed by atoms with Crippen LogP contribution in [-0.4, -0.2) is 72.5 Å². The van der Waals surface area contributed by atoms with Gasteiger partial charge in [0.25, 0.3) is 0 Å². The lowest BCUT2D eigenvalue weighted by Crippen LogP contribution is -2.49. The van der Waals surface area contributed by atoms with Crippen LogP contribution in [0.15, 0.2) is 42.7 Å². The molecular formula is C18H24N4O3. The summed E-state index contributed by atoms with van der Waals surface area (Å²) >= 11 is 0. The van der Waals surface area contributed by atoms with Gasteiger partial charge in [-0.2, -0.15) is 0 Å². The minimum Gasteiger partial charge on any atom is -0.497 e. The van der Waals surface area contributed by atoms with Crippen LogP contribution in [0.5, 0.6) is 11.5 Å². The summed E-state index contributed by atoms with van der Waals surface area (Å²) in [6, 6.07) is 9.21. The van der Waals surface area contributed by atoms with Crippen molar-refractivity contribution in [1.29, 1.82) is 0 Å². The SMILES string of the molecule is COc1cccc(OC[C@H](O)CN2CCN(c3ncccn3)CC2)c1. The van der Waals surface area contributed by atoms with Crippen LogP contribution in [0.2, 0.25) is 0 Å². The smallest absolute Gasteiger partial charge is 0.225 e. The van der Waals surface area contributed by atoms with Gasteiger partial charge in [0.1, 0.15) is 24.2 Å². The van der Waals surface area contributed by atoms with E-state index in [1.807, 2.05) is 30.3 Å². The monoisotopic (exact) mass is 344 g/mol. The largest absolute Gasteiger partial charge is 0.497 e. The second-order valence-corrected chi connectivity index (χ2v) is 5.98. The van der Waals surface area contributed by atoms with Crippen LogP contribution in [0.3, 0.4) is 0 Å². The number of aromatic nitrogens is 2. The van der Waals surface area contributed by atoms with E-state index in [9.17, 15) is 5.11 Å². The summed E-state index contributed by atoms with van der Waals surface area (Å²) in [5.41, 5.74) is 0. The molecule has 0 spiro atoms. The minimum absolute atomic E-state index is 0.259. The Labute approximate surface area is 147 Å². The molecule has 25 heavy (non-hydrogen) atoms. The van der Waals surface area contributed by atoms with Crippen molar-refractivity contribution in [2.75, 3.05) is 51.3 Å². The molecule has 0 saturated carbocycles. The van der Waals surface area contributed by atoms with Crippen molar-refractivity contribution in [3.8, 4) is 11.5 Å². The van der Waals surface area contributed by atoms with Crippen molar-refractivity contribution >= 4 is 5.95 Å². The maximum atomic E-state index is 10.2. The van der Waals surface area contributed by atoms with Gasteiger partial charge in [0.2, 0.25) is 5.95 Å². The zero-order valence-corrected chi connectivity index (χ0v) is 14.4. The van der Waals surface area contributed by atoms with Gasteiger partial charge in [-0.05, 0) is 18.2 Å². The molecule has 1 aliphatic rings. The molecule has 2 aromatic rings. The molecule has 2 heterocycles. The molecule has 1 aromatic carbocycles. The minimum atomic E-state index is -0.536. The molecule has 0 aliphatic carbocycles. The Morgan fingerprint density at radius 3 is 2.52 bits per heavy atom. The molecule has 1 saturated heterocycles. The third kappa shape index (κ3) is 5.04. The molecule has 1 N–H and O–H groups in total. The second-order valence-electron chi connectivity index (χ2n) is 5.98. The maximum absolute atomic E-state index is 10.2. The van der Waals surface area contributed by atoms with E-state index in [0.717, 1.165) is 37.9 Å². The first-order chi connectivity index (χ1) is 12.2. The molecule has 0 radical (unpaired) electrons. The fourth-order valence-corrected chi connectivity index (χ4v) is 2.82. The molecule has 134 valence electrons. The van der Waals surface area contributed by atoms with Gasteiger partial charge in [-0.1, -0.05) is 6.07 Å². The number of nitrogens with zero attached hydrogens (tertiary/aromatic N) is 4. The molecule has 0 unspecified atom stereocenters. The molecule has 0 bridgehead atoms. The Morgan fingerprint density at radius 1 is 1.08 bits per heavy atom. The third-order valence-corrected chi connectivity index (χ3v) is 4.16. The van der Waals surface area contributed by atoms with Crippen LogP contribution >= 0.6 is 0 Å². The lowest BCUT2D eigenvalue weighted by Gasteiger charge is -2.35. The highest BCUT2D eigenvalue weighted by atomic mass is 16.5. The number of rotatable bonds is 7. The number of benzene rings is 1. The molecule has 1 atom stereocenters. The Morgan fingerprint density at radius 2 is 1.80 bits per heavy atom. The van der Waals surface area contributed by atoms with Crippen LogP contribution in [0.4, 0.5) is 5.95 Å². The first-order valence-corrected chi connectivity index (χ1v) is 8.44. The molecule has 1 fully saturated rings. The Hall–Kier alpha value is -2.38.